The van der Waals surface area contributed by atoms with E-state index in [9.17, 15) is 0 Å². The number of hydrogen-bond acceptors (Lipinski definition) is 8. The minimum absolute atomic E-state index is 0.0293. The monoisotopic (exact) mass is 662 g/mol. The van der Waals surface area contributed by atoms with Gasteiger partial charge >= 0.3 is 0 Å². The van der Waals surface area contributed by atoms with Crippen LogP contribution in [0.5, 0.6) is 11.5 Å². The lowest BCUT2D eigenvalue weighted by Gasteiger charge is -2.11. The maximum Gasteiger partial charge on any atom is 0.171 e. The normalized spacial score (nSPS) is 11.9. The molecule has 0 unspecified atom stereocenters. The SMILES string of the molecule is COc1cc(/C=C/C=C/c2cc[n+](CCOCCOCCO)cc2)c(OC)cc1/C=C/C=C/c1cc[n+](CCOCCOCCO)cc1. The molecular weight excluding hydrogens is 612 g/mol. The van der Waals surface area contributed by atoms with Crippen LogP contribution in [-0.2, 0) is 32.0 Å². The fourth-order valence-corrected chi connectivity index (χ4v) is 4.43. The fraction of sp³-hybridized carbons (Fsp3) is 0.368. The van der Waals surface area contributed by atoms with Gasteiger partial charge in [0.05, 0.1) is 67.1 Å². The van der Waals surface area contributed by atoms with Crippen LogP contribution in [0.15, 0.2) is 85.5 Å². The zero-order valence-electron chi connectivity index (χ0n) is 28.1. The highest BCUT2D eigenvalue weighted by molar-refractivity contribution is 5.70. The van der Waals surface area contributed by atoms with Crippen LogP contribution in [-0.4, -0.2) is 90.5 Å². The molecule has 0 atom stereocenters. The van der Waals surface area contributed by atoms with Gasteiger partial charge in [-0.05, 0) is 23.3 Å². The molecule has 0 radical (unpaired) electrons. The fourth-order valence-electron chi connectivity index (χ4n) is 4.43. The summed E-state index contributed by atoms with van der Waals surface area (Å²) in [6.45, 7) is 5.44. The number of rotatable bonds is 24. The molecule has 3 rings (SSSR count). The highest BCUT2D eigenvalue weighted by Gasteiger charge is 2.08. The highest BCUT2D eigenvalue weighted by Crippen LogP contribution is 2.31. The van der Waals surface area contributed by atoms with Gasteiger partial charge in [0.1, 0.15) is 24.7 Å². The minimum Gasteiger partial charge on any atom is -0.496 e. The predicted octanol–water partition coefficient (Wildman–Crippen LogP) is 3.78. The Morgan fingerprint density at radius 2 is 0.854 bits per heavy atom. The Bertz CT molecular complexity index is 1310. The van der Waals surface area contributed by atoms with E-state index in [2.05, 4.69) is 33.4 Å². The maximum atomic E-state index is 8.70. The van der Waals surface area contributed by atoms with Crippen LogP contribution in [0.1, 0.15) is 22.3 Å². The largest absolute Gasteiger partial charge is 0.496 e. The molecule has 0 fully saturated rings. The summed E-state index contributed by atoms with van der Waals surface area (Å²) in [5.41, 5.74) is 4.00. The van der Waals surface area contributed by atoms with Crippen molar-refractivity contribution in [1.29, 1.82) is 0 Å². The van der Waals surface area contributed by atoms with Gasteiger partial charge in [-0.3, -0.25) is 0 Å². The van der Waals surface area contributed by atoms with Crippen molar-refractivity contribution in [2.24, 2.45) is 0 Å². The Morgan fingerprint density at radius 1 is 0.500 bits per heavy atom. The average molecular weight is 663 g/mol. The molecule has 2 N–H and O–H groups in total. The van der Waals surface area contributed by atoms with Gasteiger partial charge < -0.3 is 38.6 Å². The van der Waals surface area contributed by atoms with Gasteiger partial charge in [-0.2, -0.15) is 0 Å². The van der Waals surface area contributed by atoms with Gasteiger partial charge in [-0.15, -0.1) is 0 Å². The number of pyridine rings is 2. The molecule has 0 spiro atoms. The van der Waals surface area contributed by atoms with Crippen molar-refractivity contribution in [3.63, 3.8) is 0 Å². The number of benzene rings is 1. The zero-order chi connectivity index (χ0) is 34.1. The third-order valence-corrected chi connectivity index (χ3v) is 6.97. The van der Waals surface area contributed by atoms with Crippen molar-refractivity contribution in [3.05, 3.63) is 108 Å². The molecule has 0 amide bonds. The van der Waals surface area contributed by atoms with E-state index < -0.39 is 0 Å². The van der Waals surface area contributed by atoms with Crippen LogP contribution in [0.3, 0.4) is 0 Å². The molecule has 0 aliphatic heterocycles. The molecule has 0 aliphatic carbocycles. The zero-order valence-corrected chi connectivity index (χ0v) is 28.1. The number of hydrogen-bond donors (Lipinski definition) is 2. The number of aromatic nitrogens is 2. The van der Waals surface area contributed by atoms with Gasteiger partial charge in [0, 0.05) is 35.4 Å². The molecule has 0 saturated heterocycles. The van der Waals surface area contributed by atoms with E-state index in [1.54, 1.807) is 14.2 Å². The number of aliphatic hydroxyl groups is 2. The molecular formula is C38H50N2O8+2. The third kappa shape index (κ3) is 15.2. The van der Waals surface area contributed by atoms with E-state index in [0.29, 0.717) is 52.9 Å². The maximum absolute atomic E-state index is 8.70. The molecule has 2 heterocycles. The Balaban J connectivity index is 1.48. The first kappa shape index (κ1) is 38.3. The van der Waals surface area contributed by atoms with Crippen LogP contribution in [0.4, 0.5) is 0 Å². The Labute approximate surface area is 284 Å². The molecule has 3 aromatic rings. The van der Waals surface area contributed by atoms with E-state index in [4.69, 9.17) is 38.6 Å². The lowest BCUT2D eigenvalue weighted by molar-refractivity contribution is -0.698. The number of nitrogens with zero attached hydrogens (tertiary/aromatic N) is 2. The summed E-state index contributed by atoms with van der Waals surface area (Å²) in [5, 5.41) is 17.4. The van der Waals surface area contributed by atoms with Crippen molar-refractivity contribution in [1.82, 2.24) is 0 Å². The Kier molecular flexibility index (Phi) is 19.2. The highest BCUT2D eigenvalue weighted by atomic mass is 16.5. The van der Waals surface area contributed by atoms with Crippen molar-refractivity contribution in [2.45, 2.75) is 13.1 Å². The third-order valence-electron chi connectivity index (χ3n) is 6.97. The van der Waals surface area contributed by atoms with Crippen molar-refractivity contribution >= 4 is 24.3 Å². The molecule has 1 aromatic carbocycles. The van der Waals surface area contributed by atoms with Gasteiger partial charge in [0.2, 0.25) is 0 Å². The van der Waals surface area contributed by atoms with E-state index in [-0.39, 0.29) is 13.2 Å². The number of aliphatic hydroxyl groups excluding tert-OH is 2. The molecule has 10 heteroatoms. The van der Waals surface area contributed by atoms with E-state index in [1.807, 2.05) is 85.5 Å². The van der Waals surface area contributed by atoms with Gasteiger partial charge in [-0.25, -0.2) is 9.13 Å². The first-order chi connectivity index (χ1) is 23.7. The lowest BCUT2D eigenvalue weighted by atomic mass is 10.1. The van der Waals surface area contributed by atoms with Gasteiger partial charge in [0.25, 0.3) is 0 Å². The van der Waals surface area contributed by atoms with Crippen molar-refractivity contribution < 1.29 is 47.8 Å². The molecule has 2 aromatic heterocycles. The summed E-state index contributed by atoms with van der Waals surface area (Å²) in [4.78, 5) is 0. The smallest absolute Gasteiger partial charge is 0.171 e. The second-order valence-corrected chi connectivity index (χ2v) is 10.4. The van der Waals surface area contributed by atoms with Crippen LogP contribution in [0.25, 0.3) is 24.3 Å². The summed E-state index contributed by atoms with van der Waals surface area (Å²) in [6.07, 6.45) is 24.2. The summed E-state index contributed by atoms with van der Waals surface area (Å²) in [6, 6.07) is 12.2. The van der Waals surface area contributed by atoms with E-state index >= 15 is 0 Å². The van der Waals surface area contributed by atoms with Crippen molar-refractivity contribution in [3.8, 4) is 11.5 Å². The first-order valence-corrected chi connectivity index (χ1v) is 16.1. The predicted molar refractivity (Wildman–Crippen MR) is 186 cm³/mol. The first-order valence-electron chi connectivity index (χ1n) is 16.1. The van der Waals surface area contributed by atoms with E-state index in [1.165, 1.54) is 0 Å². The summed E-state index contributed by atoms with van der Waals surface area (Å²) < 4.78 is 37.0. The summed E-state index contributed by atoms with van der Waals surface area (Å²) in [7, 11) is 3.33. The second kappa shape index (κ2) is 24.1. The Hall–Kier alpha value is -4.16. The quantitative estimate of drug-likeness (QED) is 0.0850. The molecule has 10 nitrogen and oxygen atoms in total. The summed E-state index contributed by atoms with van der Waals surface area (Å²) >= 11 is 0. The molecule has 0 saturated carbocycles. The second-order valence-electron chi connectivity index (χ2n) is 10.4. The topological polar surface area (TPSA) is 104 Å². The standard InChI is InChI=1S/C38H50N2O8/c1-43-37-31-36(10-6-4-8-34-13-17-40(18-14-34)20-24-46-28-30-48-26-22-42)38(44-2)32-35(37)9-5-3-7-33-11-15-39(16-12-33)19-23-45-27-29-47-25-21-41/h3-18,31-32,41-42H,19-30H2,1-2H3/q+2/b7-3+,8-4+,9-5+,10-6+. The van der Waals surface area contributed by atoms with Crippen LogP contribution in [0, 0.1) is 0 Å². The molecule has 48 heavy (non-hydrogen) atoms. The molecule has 0 aliphatic rings. The van der Waals surface area contributed by atoms with Gasteiger partial charge in [0.15, 0.2) is 37.9 Å². The summed E-state index contributed by atoms with van der Waals surface area (Å²) in [5.74, 6) is 1.50. The number of methoxy groups -OCH3 is 2. The molecule has 0 bridgehead atoms. The number of allylic oxidation sites excluding steroid dienone is 4. The lowest BCUT2D eigenvalue weighted by Crippen LogP contribution is -2.35. The van der Waals surface area contributed by atoms with Crippen molar-refractivity contribution in [2.75, 3.05) is 80.3 Å². The number of ether oxygens (including phenoxy) is 6. The molecule has 258 valence electrons. The van der Waals surface area contributed by atoms with E-state index in [0.717, 1.165) is 46.8 Å². The van der Waals surface area contributed by atoms with Crippen LogP contribution >= 0.6 is 0 Å². The average Bonchev–Trinajstić information content (AvgIpc) is 3.12. The van der Waals surface area contributed by atoms with Gasteiger partial charge in [-0.1, -0.05) is 48.6 Å². The Morgan fingerprint density at radius 3 is 1.21 bits per heavy atom. The minimum atomic E-state index is 0.0293. The van der Waals surface area contributed by atoms with Crippen LogP contribution in [0.2, 0.25) is 0 Å². The van der Waals surface area contributed by atoms with Crippen LogP contribution < -0.4 is 18.6 Å².